The van der Waals surface area contributed by atoms with Crippen LogP contribution in [0.25, 0.3) is 17.2 Å². The highest BCUT2D eigenvalue weighted by Crippen LogP contribution is 2.36. The first-order chi connectivity index (χ1) is 19.1. The minimum Gasteiger partial charge on any atom is -0.494 e. The second-order valence-corrected chi connectivity index (χ2v) is 11.5. The Bertz CT molecular complexity index is 1600. The van der Waals surface area contributed by atoms with E-state index in [1.54, 1.807) is 50.5 Å². The molecule has 0 fully saturated rings. The van der Waals surface area contributed by atoms with Crippen molar-refractivity contribution in [3.63, 3.8) is 0 Å². The van der Waals surface area contributed by atoms with Crippen molar-refractivity contribution in [3.8, 4) is 28.7 Å². The molecule has 3 aromatic heterocycles. The number of ether oxygens (including phenoxy) is 2. The van der Waals surface area contributed by atoms with E-state index in [2.05, 4.69) is 25.1 Å². The van der Waals surface area contributed by atoms with Gasteiger partial charge in [0.25, 0.3) is 5.91 Å². The maximum absolute atomic E-state index is 13.5. The molecule has 14 heteroatoms. The molecule has 0 bridgehead atoms. The van der Waals surface area contributed by atoms with Crippen LogP contribution in [-0.4, -0.2) is 82.5 Å². The Balaban J connectivity index is 1.84. The fraction of sp³-hybridized carbons (Fsp3) is 0.308. The average molecular weight is 570 g/mol. The third-order valence-electron chi connectivity index (χ3n) is 6.05. The Hall–Kier alpha value is -4.46. The number of pyridine rings is 1. The molecule has 0 aliphatic carbocycles. The Labute approximate surface area is 230 Å². The number of hydrogen-bond acceptors (Lipinski definition) is 10. The molecule has 12 nitrogen and oxygen atoms in total. The van der Waals surface area contributed by atoms with Gasteiger partial charge >= 0.3 is 0 Å². The van der Waals surface area contributed by atoms with Gasteiger partial charge in [0, 0.05) is 20.5 Å². The van der Waals surface area contributed by atoms with Gasteiger partial charge in [0.1, 0.15) is 40.2 Å². The number of rotatable bonds is 10. The first-order valence-corrected chi connectivity index (χ1v) is 13.8. The van der Waals surface area contributed by atoms with Gasteiger partial charge in [-0.05, 0) is 31.2 Å². The number of amides is 1. The van der Waals surface area contributed by atoms with Crippen LogP contribution in [0.1, 0.15) is 29.1 Å². The zero-order valence-electron chi connectivity index (χ0n) is 22.6. The quantitative estimate of drug-likeness (QED) is 0.280. The zero-order valence-corrected chi connectivity index (χ0v) is 23.4. The summed E-state index contributed by atoms with van der Waals surface area (Å²) in [6.07, 6.45) is 1.94. The van der Waals surface area contributed by atoms with Gasteiger partial charge in [-0.15, -0.1) is 10.2 Å². The summed E-state index contributed by atoms with van der Waals surface area (Å²) in [6.45, 7) is 1.52. The highest BCUT2D eigenvalue weighted by Gasteiger charge is 2.30. The van der Waals surface area contributed by atoms with Gasteiger partial charge in [0.2, 0.25) is 0 Å². The van der Waals surface area contributed by atoms with Crippen molar-refractivity contribution in [2.45, 2.75) is 24.3 Å². The summed E-state index contributed by atoms with van der Waals surface area (Å²) >= 11 is 0. The predicted molar refractivity (Wildman–Crippen MR) is 143 cm³/mol. The Morgan fingerprint density at radius 2 is 1.65 bits per heavy atom. The maximum atomic E-state index is 13.5. The number of methoxy groups -OCH3 is 2. The summed E-state index contributed by atoms with van der Waals surface area (Å²) in [5, 5.41) is 7.58. The number of para-hydroxylation sites is 1. The monoisotopic (exact) mass is 569 g/mol. The average Bonchev–Trinajstić information content (AvgIpc) is 3.35. The van der Waals surface area contributed by atoms with E-state index in [4.69, 9.17) is 9.47 Å². The highest BCUT2D eigenvalue weighted by atomic mass is 32.2. The van der Waals surface area contributed by atoms with Crippen molar-refractivity contribution in [2.24, 2.45) is 0 Å². The molecule has 0 aliphatic rings. The molecule has 4 rings (SSSR count). The summed E-state index contributed by atoms with van der Waals surface area (Å²) in [6, 6.07) is 9.96. The molecule has 210 valence electrons. The van der Waals surface area contributed by atoms with Crippen molar-refractivity contribution in [1.29, 1.82) is 0 Å². The number of benzene rings is 1. The van der Waals surface area contributed by atoms with Crippen LogP contribution in [0, 0.1) is 5.82 Å². The third kappa shape index (κ3) is 5.91. The number of sulfone groups is 1. The van der Waals surface area contributed by atoms with E-state index in [0.29, 0.717) is 17.2 Å². The predicted octanol–water partition coefficient (Wildman–Crippen LogP) is 2.52. The molecular formula is C26H28FN7O5S. The first-order valence-electron chi connectivity index (χ1n) is 12.1. The fourth-order valence-electron chi connectivity index (χ4n) is 3.92. The number of nitrogens with zero attached hydrogens (tertiary/aromatic N) is 7. The minimum atomic E-state index is -3.85. The largest absolute Gasteiger partial charge is 0.494 e. The normalized spacial score (nSPS) is 12.2. The zero-order chi connectivity index (χ0) is 29.0. The van der Waals surface area contributed by atoms with E-state index in [-0.39, 0.29) is 41.2 Å². The maximum Gasteiger partial charge on any atom is 0.271 e. The van der Waals surface area contributed by atoms with Gasteiger partial charge in [0.15, 0.2) is 27.3 Å². The van der Waals surface area contributed by atoms with E-state index in [9.17, 15) is 17.6 Å². The number of hydrogen-bond donors (Lipinski definition) is 0. The van der Waals surface area contributed by atoms with Crippen LogP contribution < -0.4 is 9.47 Å². The number of carbonyl (C=O) groups is 1. The van der Waals surface area contributed by atoms with Gasteiger partial charge < -0.3 is 14.4 Å². The van der Waals surface area contributed by atoms with Gasteiger partial charge in [-0.1, -0.05) is 12.1 Å². The minimum absolute atomic E-state index is 0.0299. The van der Waals surface area contributed by atoms with Gasteiger partial charge in [0.05, 0.1) is 31.9 Å². The smallest absolute Gasteiger partial charge is 0.271 e. The van der Waals surface area contributed by atoms with Gasteiger partial charge in [-0.2, -0.15) is 0 Å². The van der Waals surface area contributed by atoms with Crippen molar-refractivity contribution >= 4 is 15.7 Å². The van der Waals surface area contributed by atoms with Crippen LogP contribution in [0.5, 0.6) is 11.5 Å². The van der Waals surface area contributed by atoms with E-state index in [1.165, 1.54) is 30.6 Å². The van der Waals surface area contributed by atoms with Crippen LogP contribution in [0.4, 0.5) is 4.39 Å². The Kier molecular flexibility index (Phi) is 8.38. The fourth-order valence-corrected chi connectivity index (χ4v) is 5.16. The van der Waals surface area contributed by atoms with Crippen molar-refractivity contribution in [2.75, 3.05) is 28.3 Å². The summed E-state index contributed by atoms with van der Waals surface area (Å²) in [5.74, 6) is -0.276. The lowest BCUT2D eigenvalue weighted by Gasteiger charge is -2.18. The summed E-state index contributed by atoms with van der Waals surface area (Å²) < 4.78 is 52.9. The topological polar surface area (TPSA) is 142 Å². The SMILES string of the molecule is COc1cccc(OC)c1-n1c(CS(=O)(=O)[C@@H](C)Cc2ncc(F)cn2)nnc1-c1cccc(C(=O)N(C)C)n1. The number of halogens is 1. The second-order valence-electron chi connectivity index (χ2n) is 9.03. The molecule has 1 aromatic carbocycles. The number of carbonyl (C=O) groups excluding carboxylic acids is 1. The van der Waals surface area contributed by atoms with E-state index in [1.807, 2.05) is 0 Å². The lowest BCUT2D eigenvalue weighted by molar-refractivity contribution is 0.0822. The van der Waals surface area contributed by atoms with Crippen molar-refractivity contribution in [3.05, 3.63) is 72.0 Å². The van der Waals surface area contributed by atoms with E-state index < -0.39 is 26.7 Å². The molecule has 0 saturated carbocycles. The Morgan fingerprint density at radius 1 is 1.02 bits per heavy atom. The highest BCUT2D eigenvalue weighted by molar-refractivity contribution is 7.91. The van der Waals surface area contributed by atoms with E-state index in [0.717, 1.165) is 12.4 Å². The lowest BCUT2D eigenvalue weighted by atomic mass is 10.2. The molecule has 3 heterocycles. The molecule has 1 atom stereocenters. The standard InChI is InChI=1S/C26H28FN7O5S/c1-16(12-22-28-13-17(27)14-29-22)40(36,37)15-23-31-32-25(18-8-6-9-19(30-18)26(35)33(2)3)34(23)24-20(38-4)10-7-11-21(24)39-5/h6-11,13-14,16H,12,15H2,1-5H3/t16-/m0/s1. The molecule has 0 spiro atoms. The number of aromatic nitrogens is 6. The molecule has 1 amide bonds. The Morgan fingerprint density at radius 3 is 2.25 bits per heavy atom. The third-order valence-corrected chi connectivity index (χ3v) is 8.10. The second kappa shape index (κ2) is 11.7. The van der Waals surface area contributed by atoms with Crippen molar-refractivity contribution < 1.29 is 27.1 Å². The molecule has 0 N–H and O–H groups in total. The van der Waals surface area contributed by atoms with Gasteiger partial charge in [-0.3, -0.25) is 9.36 Å². The van der Waals surface area contributed by atoms with E-state index >= 15 is 0 Å². The van der Waals surface area contributed by atoms with Crippen LogP contribution in [-0.2, 0) is 22.0 Å². The summed E-state index contributed by atoms with van der Waals surface area (Å²) in [7, 11) is 2.31. The summed E-state index contributed by atoms with van der Waals surface area (Å²) in [5.41, 5.74) is 0.814. The lowest BCUT2D eigenvalue weighted by Crippen LogP contribution is -2.24. The van der Waals surface area contributed by atoms with Crippen LogP contribution >= 0.6 is 0 Å². The molecule has 0 aliphatic heterocycles. The van der Waals surface area contributed by atoms with Crippen LogP contribution in [0.3, 0.4) is 0 Å². The molecule has 0 radical (unpaired) electrons. The molecule has 4 aromatic rings. The molecular weight excluding hydrogens is 541 g/mol. The first kappa shape index (κ1) is 28.5. The molecule has 0 unspecified atom stereocenters. The van der Waals surface area contributed by atoms with Crippen molar-refractivity contribution in [1.82, 2.24) is 34.6 Å². The molecule has 0 saturated heterocycles. The van der Waals surface area contributed by atoms with Crippen LogP contribution in [0.15, 0.2) is 48.8 Å². The van der Waals surface area contributed by atoms with Gasteiger partial charge in [-0.25, -0.2) is 27.8 Å². The van der Waals surface area contributed by atoms with Crippen LogP contribution in [0.2, 0.25) is 0 Å². The molecule has 40 heavy (non-hydrogen) atoms. The summed E-state index contributed by atoms with van der Waals surface area (Å²) in [4.78, 5) is 26.2.